The summed E-state index contributed by atoms with van der Waals surface area (Å²) < 4.78 is 11.9. The fourth-order valence-electron chi connectivity index (χ4n) is 2.43. The smallest absolute Gasteiger partial charge is 0.327 e. The van der Waals surface area contributed by atoms with Crippen LogP contribution >= 0.6 is 0 Å². The van der Waals surface area contributed by atoms with Gasteiger partial charge in [0.1, 0.15) is 18.4 Å². The Kier molecular flexibility index (Phi) is 7.69. The van der Waals surface area contributed by atoms with Crippen molar-refractivity contribution in [2.24, 2.45) is 0 Å². The van der Waals surface area contributed by atoms with Crippen molar-refractivity contribution in [2.75, 3.05) is 20.3 Å². The molecule has 3 rings (SSSR count). The first-order valence-corrected chi connectivity index (χ1v) is 8.82. The van der Waals surface area contributed by atoms with E-state index in [0.29, 0.717) is 42.9 Å². The number of hydrogen-bond donors (Lipinski definition) is 1. The minimum atomic E-state index is -0.247. The van der Waals surface area contributed by atoms with Gasteiger partial charge in [-0.15, -0.1) is 0 Å². The van der Waals surface area contributed by atoms with Crippen LogP contribution in [0.1, 0.15) is 31.2 Å². The molecule has 0 radical (unpaired) electrons. The lowest BCUT2D eigenvalue weighted by Gasteiger charge is -2.06. The Labute approximate surface area is 158 Å². The van der Waals surface area contributed by atoms with Gasteiger partial charge in [0, 0.05) is 20.6 Å². The van der Waals surface area contributed by atoms with E-state index < -0.39 is 0 Å². The summed E-state index contributed by atoms with van der Waals surface area (Å²) in [6, 6.07) is 7.46. The monoisotopic (exact) mass is 374 g/mol. The third-order valence-electron chi connectivity index (χ3n) is 3.75. The number of hydrogen-bond acceptors (Lipinski definition) is 6. The summed E-state index contributed by atoms with van der Waals surface area (Å²) in [7, 11) is 1.58. The van der Waals surface area contributed by atoms with Crippen LogP contribution in [0.4, 0.5) is 0 Å². The molecule has 8 nitrogen and oxygen atoms in total. The number of aryl methyl sites for hydroxylation is 2. The maximum Gasteiger partial charge on any atom is 0.327 e. The number of methoxy groups -OCH3 is 1. The van der Waals surface area contributed by atoms with Crippen LogP contribution in [-0.2, 0) is 17.7 Å². The Hall–Kier alpha value is -3.00. The van der Waals surface area contributed by atoms with Crippen LogP contribution in [0.5, 0.6) is 6.01 Å². The van der Waals surface area contributed by atoms with Gasteiger partial charge in [0.05, 0.1) is 12.8 Å². The van der Waals surface area contributed by atoms with E-state index in [1.165, 1.54) is 6.20 Å². The van der Waals surface area contributed by atoms with E-state index in [1.807, 2.05) is 26.0 Å². The van der Waals surface area contributed by atoms with E-state index in [9.17, 15) is 9.59 Å². The van der Waals surface area contributed by atoms with Gasteiger partial charge in [-0.05, 0) is 12.0 Å². The number of rotatable bonds is 8. The van der Waals surface area contributed by atoms with Crippen LogP contribution in [0.2, 0.25) is 0 Å². The molecular weight excluding hydrogens is 348 g/mol. The van der Waals surface area contributed by atoms with Gasteiger partial charge in [0.25, 0.3) is 0 Å². The molecule has 0 fully saturated rings. The molecule has 3 aromatic rings. The van der Waals surface area contributed by atoms with Gasteiger partial charge < -0.3 is 14.5 Å². The number of carbonyl (C=O) groups is 1. The minimum absolute atomic E-state index is 0. The van der Waals surface area contributed by atoms with Crippen molar-refractivity contribution in [1.82, 2.24) is 19.5 Å². The van der Waals surface area contributed by atoms with Gasteiger partial charge >= 0.3 is 11.7 Å². The molecular formula is C19H26N4O4. The number of carbonyl (C=O) groups excluding carboxylic acids is 1. The van der Waals surface area contributed by atoms with Gasteiger partial charge in [-0.1, -0.05) is 38.1 Å². The fourth-order valence-corrected chi connectivity index (χ4v) is 2.43. The molecule has 0 aliphatic carbocycles. The summed E-state index contributed by atoms with van der Waals surface area (Å²) in [5.74, 6) is 0. The third-order valence-corrected chi connectivity index (χ3v) is 3.75. The average molecular weight is 374 g/mol. The molecule has 1 aromatic carbocycles. The van der Waals surface area contributed by atoms with E-state index in [2.05, 4.69) is 15.0 Å². The molecule has 27 heavy (non-hydrogen) atoms. The molecule has 0 unspecified atom stereocenters. The predicted octanol–water partition coefficient (Wildman–Crippen LogP) is 2.47. The first kappa shape index (κ1) is 20.3. The summed E-state index contributed by atoms with van der Waals surface area (Å²) in [6.45, 7) is 5.21. The van der Waals surface area contributed by atoms with Crippen LogP contribution in [-0.4, -0.2) is 46.1 Å². The number of aldehydes is 1. The second-order valence-electron chi connectivity index (χ2n) is 5.42. The number of benzene rings is 1. The molecule has 0 saturated heterocycles. The molecule has 2 aromatic heterocycles. The van der Waals surface area contributed by atoms with E-state index in [1.54, 1.807) is 23.8 Å². The molecule has 0 amide bonds. The molecule has 8 heteroatoms. The summed E-state index contributed by atoms with van der Waals surface area (Å²) in [5.41, 5.74) is 2.45. The van der Waals surface area contributed by atoms with Crippen LogP contribution < -0.4 is 10.4 Å². The number of nitrogens with one attached hydrogen (secondary N) is 1. The Morgan fingerprint density at radius 2 is 1.96 bits per heavy atom. The highest BCUT2D eigenvalue weighted by Crippen LogP contribution is 2.12. The van der Waals surface area contributed by atoms with Crippen molar-refractivity contribution in [2.45, 2.75) is 26.8 Å². The molecule has 0 bridgehead atoms. The fraction of sp³-hybridized carbons (Fsp3) is 0.368. The van der Waals surface area contributed by atoms with Gasteiger partial charge in [-0.2, -0.15) is 4.98 Å². The standard InChI is InChI=1S/C17H18N4O4.C2H6.H2/c1-24-8-9-25-16-18-10-14-15(20-16)21(17(23)19-14)7-6-12-2-4-13(11-22)5-3-12;1-2;/h2-5,10-11H,6-9H2,1H3,(H,19,23);1-2H3;1H. The van der Waals surface area contributed by atoms with Crippen molar-refractivity contribution >= 4 is 17.5 Å². The molecule has 0 aliphatic heterocycles. The number of aromatic nitrogens is 4. The maximum absolute atomic E-state index is 12.2. The van der Waals surface area contributed by atoms with Crippen LogP contribution in [0.3, 0.4) is 0 Å². The molecule has 1 N–H and O–H groups in total. The van der Waals surface area contributed by atoms with Gasteiger partial charge in [-0.25, -0.2) is 9.78 Å². The topological polar surface area (TPSA) is 99.1 Å². The highest BCUT2D eigenvalue weighted by atomic mass is 16.5. The number of nitrogens with zero attached hydrogens (tertiary/aromatic N) is 3. The first-order valence-electron chi connectivity index (χ1n) is 8.82. The summed E-state index contributed by atoms with van der Waals surface area (Å²) >= 11 is 0. The highest BCUT2D eigenvalue weighted by molar-refractivity contribution is 5.74. The highest BCUT2D eigenvalue weighted by Gasteiger charge is 2.11. The van der Waals surface area contributed by atoms with Crippen LogP contribution in [0.25, 0.3) is 11.2 Å². The van der Waals surface area contributed by atoms with Crippen molar-refractivity contribution in [3.8, 4) is 6.01 Å². The van der Waals surface area contributed by atoms with Gasteiger partial charge in [-0.3, -0.25) is 9.36 Å². The SMILES string of the molecule is CC.COCCOc1ncc2[nH]c(=O)n(CCc3ccc(C=O)cc3)c2n1.[HH]. The van der Waals surface area contributed by atoms with Crippen molar-refractivity contribution in [3.05, 3.63) is 52.1 Å². The molecule has 2 heterocycles. The molecule has 0 saturated carbocycles. The second kappa shape index (κ2) is 10.2. The number of H-pyrrole nitrogens is 1. The molecule has 0 spiro atoms. The average Bonchev–Trinajstić information content (AvgIpc) is 3.03. The molecule has 146 valence electrons. The number of aromatic amines is 1. The predicted molar refractivity (Wildman–Crippen MR) is 105 cm³/mol. The number of ether oxygens (including phenoxy) is 2. The largest absolute Gasteiger partial charge is 0.461 e. The first-order chi connectivity index (χ1) is 13.2. The summed E-state index contributed by atoms with van der Waals surface area (Å²) in [5, 5.41) is 0. The zero-order valence-corrected chi connectivity index (χ0v) is 15.8. The summed E-state index contributed by atoms with van der Waals surface area (Å²) in [4.78, 5) is 34.0. The number of imidazole rings is 1. The zero-order chi connectivity index (χ0) is 19.6. The molecule has 0 aliphatic rings. The van der Waals surface area contributed by atoms with Crippen molar-refractivity contribution in [1.29, 1.82) is 0 Å². The van der Waals surface area contributed by atoms with E-state index in [0.717, 1.165) is 11.8 Å². The zero-order valence-electron chi connectivity index (χ0n) is 15.8. The van der Waals surface area contributed by atoms with E-state index in [4.69, 9.17) is 9.47 Å². The summed E-state index contributed by atoms with van der Waals surface area (Å²) in [6.07, 6.45) is 2.97. The van der Waals surface area contributed by atoms with Crippen LogP contribution in [0, 0.1) is 0 Å². The lowest BCUT2D eigenvalue weighted by atomic mass is 10.1. The Morgan fingerprint density at radius 3 is 2.63 bits per heavy atom. The normalized spacial score (nSPS) is 10.3. The third kappa shape index (κ3) is 5.24. The van der Waals surface area contributed by atoms with Crippen molar-refractivity contribution in [3.63, 3.8) is 0 Å². The molecule has 0 atom stereocenters. The van der Waals surface area contributed by atoms with E-state index >= 15 is 0 Å². The maximum atomic E-state index is 12.2. The lowest BCUT2D eigenvalue weighted by Crippen LogP contribution is -2.18. The Morgan fingerprint density at radius 1 is 1.22 bits per heavy atom. The Balaban J connectivity index is 0.00000127. The van der Waals surface area contributed by atoms with Gasteiger partial charge in [0.15, 0.2) is 5.65 Å². The van der Waals surface area contributed by atoms with Gasteiger partial charge in [0.2, 0.25) is 0 Å². The van der Waals surface area contributed by atoms with Crippen molar-refractivity contribution < 1.29 is 15.7 Å². The second-order valence-corrected chi connectivity index (χ2v) is 5.42. The minimum Gasteiger partial charge on any atom is -0.461 e. The van der Waals surface area contributed by atoms with Crippen LogP contribution in [0.15, 0.2) is 35.3 Å². The quantitative estimate of drug-likeness (QED) is 0.480. The van der Waals surface area contributed by atoms with E-state index in [-0.39, 0.29) is 13.1 Å². The number of fused-ring (bicyclic) bond motifs is 1. The Bertz CT molecular complexity index is 922. The lowest BCUT2D eigenvalue weighted by molar-refractivity contribution is 0.112.